The summed E-state index contributed by atoms with van der Waals surface area (Å²) in [6, 6.07) is 0. The first kappa shape index (κ1) is 11.1. The Labute approximate surface area is 85.7 Å². The van der Waals surface area contributed by atoms with Gasteiger partial charge >= 0.3 is 5.97 Å². The van der Waals surface area contributed by atoms with Crippen molar-refractivity contribution in [2.45, 2.75) is 20.3 Å². The van der Waals surface area contributed by atoms with Crippen LogP contribution in [0, 0.1) is 17.0 Å². The minimum atomic E-state index is -1.17. The van der Waals surface area contributed by atoms with Crippen LogP contribution in [-0.4, -0.2) is 21.0 Å². The maximum absolute atomic E-state index is 10.7. The van der Waals surface area contributed by atoms with Gasteiger partial charge in [-0.15, -0.1) is 0 Å². The van der Waals surface area contributed by atoms with Crippen molar-refractivity contribution in [1.29, 1.82) is 0 Å². The molecule has 0 aliphatic heterocycles. The van der Waals surface area contributed by atoms with Crippen molar-refractivity contribution in [3.05, 3.63) is 33.1 Å². The molecule has 0 aliphatic carbocycles. The summed E-state index contributed by atoms with van der Waals surface area (Å²) >= 11 is 0. The Morgan fingerprint density at radius 3 is 2.67 bits per heavy atom. The SMILES string of the molecule is CCc1c([N+](=O)[O-])cnc(C(=O)O)c1C. The summed E-state index contributed by atoms with van der Waals surface area (Å²) in [5.41, 5.74) is 0.532. The van der Waals surface area contributed by atoms with Crippen LogP contribution in [0.25, 0.3) is 0 Å². The average Bonchev–Trinajstić information content (AvgIpc) is 2.16. The van der Waals surface area contributed by atoms with Crippen LogP contribution < -0.4 is 0 Å². The van der Waals surface area contributed by atoms with Gasteiger partial charge in [0.1, 0.15) is 6.20 Å². The van der Waals surface area contributed by atoms with Gasteiger partial charge < -0.3 is 5.11 Å². The second-order valence-corrected chi connectivity index (χ2v) is 3.01. The molecule has 0 aliphatic rings. The number of nitrogens with zero attached hydrogens (tertiary/aromatic N) is 2. The highest BCUT2D eigenvalue weighted by Crippen LogP contribution is 2.23. The Balaban J connectivity index is 3.45. The van der Waals surface area contributed by atoms with E-state index < -0.39 is 10.9 Å². The van der Waals surface area contributed by atoms with Crippen molar-refractivity contribution in [3.63, 3.8) is 0 Å². The van der Waals surface area contributed by atoms with Gasteiger partial charge in [0.25, 0.3) is 5.69 Å². The lowest BCUT2D eigenvalue weighted by molar-refractivity contribution is -0.385. The number of hydrogen-bond donors (Lipinski definition) is 1. The molecule has 6 nitrogen and oxygen atoms in total. The molecule has 1 N–H and O–H groups in total. The number of hydrogen-bond acceptors (Lipinski definition) is 4. The molecule has 0 saturated carbocycles. The molecule has 1 heterocycles. The third-order valence-corrected chi connectivity index (χ3v) is 2.19. The van der Waals surface area contributed by atoms with Crippen LogP contribution in [0.1, 0.15) is 28.5 Å². The number of rotatable bonds is 3. The zero-order chi connectivity index (χ0) is 11.6. The van der Waals surface area contributed by atoms with Crippen molar-refractivity contribution in [1.82, 2.24) is 4.98 Å². The highest BCUT2D eigenvalue weighted by atomic mass is 16.6. The molecular weight excluding hydrogens is 200 g/mol. The van der Waals surface area contributed by atoms with Gasteiger partial charge in [-0.25, -0.2) is 9.78 Å². The molecule has 0 saturated heterocycles. The maximum Gasteiger partial charge on any atom is 0.354 e. The van der Waals surface area contributed by atoms with E-state index in [0.29, 0.717) is 17.5 Å². The minimum absolute atomic E-state index is 0.125. The van der Waals surface area contributed by atoms with Gasteiger partial charge in [-0.2, -0.15) is 0 Å². The number of carboxylic acids is 1. The van der Waals surface area contributed by atoms with E-state index >= 15 is 0 Å². The minimum Gasteiger partial charge on any atom is -0.477 e. The van der Waals surface area contributed by atoms with E-state index in [2.05, 4.69) is 4.98 Å². The van der Waals surface area contributed by atoms with Gasteiger partial charge in [-0.1, -0.05) is 6.92 Å². The van der Waals surface area contributed by atoms with Gasteiger partial charge in [0.05, 0.1) is 4.92 Å². The first-order chi connectivity index (χ1) is 6.99. The topological polar surface area (TPSA) is 93.3 Å². The lowest BCUT2D eigenvalue weighted by atomic mass is 10.0. The lowest BCUT2D eigenvalue weighted by Crippen LogP contribution is -2.08. The molecule has 15 heavy (non-hydrogen) atoms. The predicted molar refractivity (Wildman–Crippen MR) is 52.0 cm³/mol. The molecule has 0 fully saturated rings. The summed E-state index contributed by atoms with van der Waals surface area (Å²) in [6.07, 6.45) is 1.40. The van der Waals surface area contributed by atoms with Gasteiger partial charge in [0, 0.05) is 5.56 Å². The standard InChI is InChI=1S/C9H10N2O4/c1-3-6-5(2)8(9(12)13)10-4-7(6)11(14)15/h4H,3H2,1-2H3,(H,12,13). The number of pyridine rings is 1. The Morgan fingerprint density at radius 1 is 1.67 bits per heavy atom. The summed E-state index contributed by atoms with van der Waals surface area (Å²) in [6.45, 7) is 3.27. The van der Waals surface area contributed by atoms with Crippen molar-refractivity contribution < 1.29 is 14.8 Å². The molecular formula is C9H10N2O4. The van der Waals surface area contributed by atoms with E-state index in [0.717, 1.165) is 6.20 Å². The number of carboxylic acid groups (broad SMARTS) is 1. The third-order valence-electron chi connectivity index (χ3n) is 2.19. The van der Waals surface area contributed by atoms with Gasteiger partial charge in [-0.3, -0.25) is 10.1 Å². The fourth-order valence-corrected chi connectivity index (χ4v) is 1.45. The van der Waals surface area contributed by atoms with Crippen LogP contribution in [0.2, 0.25) is 0 Å². The van der Waals surface area contributed by atoms with E-state index in [9.17, 15) is 14.9 Å². The molecule has 0 unspecified atom stereocenters. The van der Waals surface area contributed by atoms with E-state index in [1.807, 2.05) is 0 Å². The van der Waals surface area contributed by atoms with Gasteiger partial charge in [0.15, 0.2) is 5.69 Å². The predicted octanol–water partition coefficient (Wildman–Crippen LogP) is 1.56. The normalized spacial score (nSPS) is 10.0. The Morgan fingerprint density at radius 2 is 2.27 bits per heavy atom. The highest BCUT2D eigenvalue weighted by molar-refractivity contribution is 5.87. The van der Waals surface area contributed by atoms with Gasteiger partial charge in [-0.05, 0) is 18.9 Å². The van der Waals surface area contributed by atoms with Gasteiger partial charge in [0.2, 0.25) is 0 Å². The largest absolute Gasteiger partial charge is 0.477 e. The first-order valence-electron chi connectivity index (χ1n) is 4.35. The summed E-state index contributed by atoms with van der Waals surface area (Å²) in [5, 5.41) is 19.4. The fourth-order valence-electron chi connectivity index (χ4n) is 1.45. The van der Waals surface area contributed by atoms with Crippen LogP contribution in [0.5, 0.6) is 0 Å². The summed E-state index contributed by atoms with van der Waals surface area (Å²) in [4.78, 5) is 24.4. The number of carbonyl (C=O) groups is 1. The Bertz CT molecular complexity index is 428. The molecule has 0 atom stereocenters. The Hall–Kier alpha value is -1.98. The van der Waals surface area contributed by atoms with Crippen LogP contribution in [0.15, 0.2) is 6.20 Å². The van der Waals surface area contributed by atoms with Crippen molar-refractivity contribution in [2.24, 2.45) is 0 Å². The molecule has 0 amide bonds. The highest BCUT2D eigenvalue weighted by Gasteiger charge is 2.20. The first-order valence-corrected chi connectivity index (χ1v) is 4.35. The van der Waals surface area contributed by atoms with E-state index in [-0.39, 0.29) is 11.4 Å². The zero-order valence-electron chi connectivity index (χ0n) is 8.35. The summed E-state index contributed by atoms with van der Waals surface area (Å²) < 4.78 is 0. The Kier molecular flexibility index (Phi) is 2.99. The van der Waals surface area contributed by atoms with Crippen LogP contribution in [0.3, 0.4) is 0 Å². The molecule has 0 aromatic carbocycles. The number of aromatic nitrogens is 1. The molecule has 0 radical (unpaired) electrons. The molecule has 0 spiro atoms. The smallest absolute Gasteiger partial charge is 0.354 e. The van der Waals surface area contributed by atoms with E-state index in [1.165, 1.54) is 6.92 Å². The average molecular weight is 210 g/mol. The molecule has 0 bridgehead atoms. The number of nitro groups is 1. The van der Waals surface area contributed by atoms with Crippen LogP contribution >= 0.6 is 0 Å². The van der Waals surface area contributed by atoms with Crippen LogP contribution in [-0.2, 0) is 6.42 Å². The molecule has 80 valence electrons. The van der Waals surface area contributed by atoms with Crippen molar-refractivity contribution in [3.8, 4) is 0 Å². The molecule has 1 aromatic heterocycles. The van der Waals surface area contributed by atoms with E-state index in [1.54, 1.807) is 6.92 Å². The summed E-state index contributed by atoms with van der Waals surface area (Å²) in [5.74, 6) is -1.17. The number of aromatic carboxylic acids is 1. The van der Waals surface area contributed by atoms with Crippen molar-refractivity contribution in [2.75, 3.05) is 0 Å². The molecule has 1 rings (SSSR count). The fraction of sp³-hybridized carbons (Fsp3) is 0.333. The second kappa shape index (κ2) is 4.04. The third kappa shape index (κ3) is 1.93. The van der Waals surface area contributed by atoms with Crippen LogP contribution in [0.4, 0.5) is 5.69 Å². The van der Waals surface area contributed by atoms with Crippen molar-refractivity contribution >= 4 is 11.7 Å². The molecule has 6 heteroatoms. The monoisotopic (exact) mass is 210 g/mol. The zero-order valence-corrected chi connectivity index (χ0v) is 8.35. The van der Waals surface area contributed by atoms with E-state index in [4.69, 9.17) is 5.11 Å². The maximum atomic E-state index is 10.7. The lowest BCUT2D eigenvalue weighted by Gasteiger charge is -2.06. The summed E-state index contributed by atoms with van der Waals surface area (Å²) in [7, 11) is 0. The second-order valence-electron chi connectivity index (χ2n) is 3.01. The quantitative estimate of drug-likeness (QED) is 0.603. The molecule has 1 aromatic rings.